The largest absolute Gasteiger partial charge is 0.329 e. The van der Waals surface area contributed by atoms with Crippen molar-refractivity contribution < 1.29 is 0 Å². The highest BCUT2D eigenvalue weighted by Crippen LogP contribution is 2.37. The Kier molecular flexibility index (Phi) is 4.79. The van der Waals surface area contributed by atoms with E-state index >= 15 is 0 Å². The normalized spacial score (nSPS) is 33.9. The maximum atomic E-state index is 6.14. The average molecular weight is 256 g/mol. The van der Waals surface area contributed by atoms with E-state index in [1.165, 1.54) is 50.0 Å². The monoisotopic (exact) mass is 256 g/mol. The SMILES string of the molecule is CC1CCCCC1N(C)C1(CN)CCSCC1. The third kappa shape index (κ3) is 2.82. The second-order valence-electron chi connectivity index (χ2n) is 5.98. The van der Waals surface area contributed by atoms with Gasteiger partial charge < -0.3 is 5.73 Å². The lowest BCUT2D eigenvalue weighted by Crippen LogP contribution is -2.59. The van der Waals surface area contributed by atoms with Crippen molar-refractivity contribution in [3.63, 3.8) is 0 Å². The molecule has 2 atom stereocenters. The van der Waals surface area contributed by atoms with Crippen LogP contribution < -0.4 is 5.73 Å². The predicted octanol–water partition coefficient (Wildman–Crippen LogP) is 2.72. The summed E-state index contributed by atoms with van der Waals surface area (Å²) in [6.45, 7) is 3.27. The van der Waals surface area contributed by atoms with E-state index in [0.717, 1.165) is 18.5 Å². The van der Waals surface area contributed by atoms with E-state index in [4.69, 9.17) is 5.73 Å². The number of hydrogen-bond acceptors (Lipinski definition) is 3. The fraction of sp³-hybridized carbons (Fsp3) is 1.00. The van der Waals surface area contributed by atoms with Gasteiger partial charge in [-0.05, 0) is 50.2 Å². The van der Waals surface area contributed by atoms with Gasteiger partial charge in [-0.2, -0.15) is 11.8 Å². The second kappa shape index (κ2) is 5.94. The van der Waals surface area contributed by atoms with Gasteiger partial charge in [-0.25, -0.2) is 0 Å². The van der Waals surface area contributed by atoms with Crippen LogP contribution in [0.1, 0.15) is 45.4 Å². The molecule has 1 saturated carbocycles. The Hall–Kier alpha value is 0.270. The van der Waals surface area contributed by atoms with Gasteiger partial charge in [0.25, 0.3) is 0 Å². The number of thioether (sulfide) groups is 1. The maximum Gasteiger partial charge on any atom is 0.0347 e. The van der Waals surface area contributed by atoms with Gasteiger partial charge >= 0.3 is 0 Å². The Bertz CT molecular complexity index is 238. The molecule has 2 aliphatic rings. The van der Waals surface area contributed by atoms with Crippen LogP contribution in [-0.4, -0.2) is 41.6 Å². The van der Waals surface area contributed by atoms with E-state index in [1.807, 2.05) is 0 Å². The first-order valence-electron chi connectivity index (χ1n) is 7.20. The lowest BCUT2D eigenvalue weighted by atomic mass is 9.80. The Morgan fingerprint density at radius 2 is 1.88 bits per heavy atom. The van der Waals surface area contributed by atoms with Gasteiger partial charge in [0.15, 0.2) is 0 Å². The second-order valence-corrected chi connectivity index (χ2v) is 7.21. The summed E-state index contributed by atoms with van der Waals surface area (Å²) >= 11 is 2.10. The van der Waals surface area contributed by atoms with E-state index in [-0.39, 0.29) is 0 Å². The maximum absolute atomic E-state index is 6.14. The highest BCUT2D eigenvalue weighted by atomic mass is 32.2. The predicted molar refractivity (Wildman–Crippen MR) is 77.5 cm³/mol. The number of nitrogens with two attached hydrogens (primary N) is 1. The van der Waals surface area contributed by atoms with Crippen molar-refractivity contribution in [2.24, 2.45) is 11.7 Å². The molecule has 0 amide bonds. The van der Waals surface area contributed by atoms with Crippen molar-refractivity contribution in [3.05, 3.63) is 0 Å². The first kappa shape index (κ1) is 13.7. The highest BCUT2D eigenvalue weighted by molar-refractivity contribution is 7.99. The number of rotatable bonds is 3. The molecule has 100 valence electrons. The van der Waals surface area contributed by atoms with Crippen molar-refractivity contribution in [1.29, 1.82) is 0 Å². The molecule has 2 fully saturated rings. The van der Waals surface area contributed by atoms with E-state index < -0.39 is 0 Å². The lowest BCUT2D eigenvalue weighted by molar-refractivity contribution is 0.0255. The Labute approximate surface area is 111 Å². The zero-order valence-corrected chi connectivity index (χ0v) is 12.3. The summed E-state index contributed by atoms with van der Waals surface area (Å²) in [5.74, 6) is 3.44. The molecule has 0 spiro atoms. The van der Waals surface area contributed by atoms with Crippen LogP contribution >= 0.6 is 11.8 Å². The van der Waals surface area contributed by atoms with Crippen molar-refractivity contribution in [2.45, 2.75) is 57.0 Å². The Morgan fingerprint density at radius 3 is 2.47 bits per heavy atom. The molecule has 0 aromatic carbocycles. The van der Waals surface area contributed by atoms with Crippen LogP contribution in [-0.2, 0) is 0 Å². The van der Waals surface area contributed by atoms with Crippen LogP contribution in [0.3, 0.4) is 0 Å². The fourth-order valence-corrected chi connectivity index (χ4v) is 4.93. The number of likely N-dealkylation sites (N-methyl/N-ethyl adjacent to an activating group) is 1. The molecule has 2 unspecified atom stereocenters. The molecule has 0 aromatic heterocycles. The van der Waals surface area contributed by atoms with Gasteiger partial charge in [0.1, 0.15) is 0 Å². The Morgan fingerprint density at radius 1 is 1.24 bits per heavy atom. The van der Waals surface area contributed by atoms with E-state index in [0.29, 0.717) is 5.54 Å². The van der Waals surface area contributed by atoms with Crippen molar-refractivity contribution in [1.82, 2.24) is 4.90 Å². The third-order valence-electron chi connectivity index (χ3n) is 5.12. The van der Waals surface area contributed by atoms with E-state index in [9.17, 15) is 0 Å². The van der Waals surface area contributed by atoms with Crippen molar-refractivity contribution in [3.8, 4) is 0 Å². The van der Waals surface area contributed by atoms with Crippen molar-refractivity contribution in [2.75, 3.05) is 25.1 Å². The minimum absolute atomic E-state index is 0.307. The molecule has 3 heteroatoms. The van der Waals surface area contributed by atoms with Crippen molar-refractivity contribution >= 4 is 11.8 Å². The minimum Gasteiger partial charge on any atom is -0.329 e. The summed E-state index contributed by atoms with van der Waals surface area (Å²) in [7, 11) is 2.34. The number of nitrogens with zero attached hydrogens (tertiary/aromatic N) is 1. The fourth-order valence-electron chi connectivity index (χ4n) is 3.68. The molecule has 17 heavy (non-hydrogen) atoms. The number of hydrogen-bond donors (Lipinski definition) is 1. The van der Waals surface area contributed by atoms with Crippen LogP contribution in [0.4, 0.5) is 0 Å². The standard InChI is InChI=1S/C14H28N2S/c1-12-5-3-4-6-13(12)16(2)14(11-15)7-9-17-10-8-14/h12-13H,3-11,15H2,1-2H3. The van der Waals surface area contributed by atoms with Gasteiger partial charge in [0.05, 0.1) is 0 Å². The zero-order chi connectivity index (χ0) is 12.3. The molecule has 2 N–H and O–H groups in total. The molecular formula is C14H28N2S. The van der Waals surface area contributed by atoms with Gasteiger partial charge in [-0.3, -0.25) is 4.90 Å². The van der Waals surface area contributed by atoms with E-state index in [1.54, 1.807) is 0 Å². The summed E-state index contributed by atoms with van der Waals surface area (Å²) < 4.78 is 0. The quantitative estimate of drug-likeness (QED) is 0.842. The van der Waals surface area contributed by atoms with Gasteiger partial charge in [-0.15, -0.1) is 0 Å². The van der Waals surface area contributed by atoms with Crippen LogP contribution in [0, 0.1) is 5.92 Å². The molecule has 1 aliphatic carbocycles. The lowest BCUT2D eigenvalue weighted by Gasteiger charge is -2.50. The summed E-state index contributed by atoms with van der Waals surface area (Å²) in [5.41, 5.74) is 6.45. The third-order valence-corrected chi connectivity index (χ3v) is 6.10. The molecule has 2 nitrogen and oxygen atoms in total. The van der Waals surface area contributed by atoms with Crippen LogP contribution in [0.5, 0.6) is 0 Å². The molecular weight excluding hydrogens is 228 g/mol. The molecule has 0 aromatic rings. The first-order chi connectivity index (χ1) is 8.19. The smallest absolute Gasteiger partial charge is 0.0347 e. The molecule has 0 bridgehead atoms. The average Bonchev–Trinajstić information content (AvgIpc) is 2.39. The van der Waals surface area contributed by atoms with Gasteiger partial charge in [-0.1, -0.05) is 19.8 Å². The molecule has 1 saturated heterocycles. The molecule has 1 heterocycles. The van der Waals surface area contributed by atoms with Gasteiger partial charge in [0.2, 0.25) is 0 Å². The molecule has 0 radical (unpaired) electrons. The van der Waals surface area contributed by atoms with Crippen LogP contribution in [0.2, 0.25) is 0 Å². The summed E-state index contributed by atoms with van der Waals surface area (Å²) in [6.07, 6.45) is 8.20. The topological polar surface area (TPSA) is 29.3 Å². The summed E-state index contributed by atoms with van der Waals surface area (Å²) in [6, 6.07) is 0.774. The van der Waals surface area contributed by atoms with E-state index in [2.05, 4.69) is 30.6 Å². The molecule has 1 aliphatic heterocycles. The van der Waals surface area contributed by atoms with Crippen LogP contribution in [0.15, 0.2) is 0 Å². The van der Waals surface area contributed by atoms with Gasteiger partial charge in [0, 0.05) is 18.1 Å². The Balaban J connectivity index is 2.07. The first-order valence-corrected chi connectivity index (χ1v) is 8.36. The zero-order valence-electron chi connectivity index (χ0n) is 11.5. The highest BCUT2D eigenvalue weighted by Gasteiger charge is 2.40. The summed E-state index contributed by atoms with van der Waals surface area (Å²) in [5, 5.41) is 0. The molecule has 2 rings (SSSR count). The summed E-state index contributed by atoms with van der Waals surface area (Å²) in [4.78, 5) is 2.68. The minimum atomic E-state index is 0.307. The van der Waals surface area contributed by atoms with Crippen LogP contribution in [0.25, 0.3) is 0 Å².